The molecule has 1 nitrogen and oxygen atoms in total. The van der Waals surface area contributed by atoms with Crippen molar-refractivity contribution in [3.8, 4) is 0 Å². The molecule has 0 saturated heterocycles. The molecular formula is C5H10O. The van der Waals surface area contributed by atoms with Crippen LogP contribution in [-0.4, -0.2) is 11.2 Å². The van der Waals surface area contributed by atoms with E-state index in [0.29, 0.717) is 0 Å². The fourth-order valence-corrected chi connectivity index (χ4v) is 0.860. The Labute approximate surface area is 38.0 Å². The fourth-order valence-electron chi connectivity index (χ4n) is 0.860. The summed E-state index contributed by atoms with van der Waals surface area (Å²) in [6.45, 7) is 2.16. The first kappa shape index (κ1) is 4.13. The van der Waals surface area contributed by atoms with Gasteiger partial charge >= 0.3 is 0 Å². The minimum absolute atomic E-state index is 0.0417. The van der Waals surface area contributed by atoms with Crippen LogP contribution < -0.4 is 0 Å². The Balaban J connectivity index is 2.11. The molecule has 0 bridgehead atoms. The first-order valence-electron chi connectivity index (χ1n) is 2.47. The largest absolute Gasteiger partial charge is 0.393 e. The van der Waals surface area contributed by atoms with Crippen LogP contribution in [0.15, 0.2) is 0 Å². The zero-order valence-corrected chi connectivity index (χ0v) is 4.02. The Kier molecular flexibility index (Phi) is 0.845. The molecule has 0 aromatic carbocycles. The summed E-state index contributed by atoms with van der Waals surface area (Å²) < 4.78 is 0. The Hall–Kier alpha value is -0.0400. The van der Waals surface area contributed by atoms with Gasteiger partial charge in [0.1, 0.15) is 0 Å². The topological polar surface area (TPSA) is 20.2 Å². The van der Waals surface area contributed by atoms with Crippen LogP contribution in [0.4, 0.5) is 0 Å². The van der Waals surface area contributed by atoms with Crippen molar-refractivity contribution in [1.82, 2.24) is 0 Å². The average Bonchev–Trinajstić information content (AvgIpc) is 1.33. The molecule has 1 fully saturated rings. The summed E-state index contributed by atoms with van der Waals surface area (Å²) in [5, 5.41) is 8.62. The molecule has 0 atom stereocenters. The van der Waals surface area contributed by atoms with Crippen LogP contribution in [0.1, 0.15) is 19.8 Å². The maximum atomic E-state index is 8.62. The SMILES string of the molecule is C[C@H]1C[C@H](O)C1. The van der Waals surface area contributed by atoms with Gasteiger partial charge in [-0.25, -0.2) is 0 Å². The van der Waals surface area contributed by atoms with Crippen LogP contribution in [0.3, 0.4) is 0 Å². The second-order valence-corrected chi connectivity index (χ2v) is 2.23. The Morgan fingerprint density at radius 2 is 2.00 bits per heavy atom. The molecule has 1 aliphatic carbocycles. The first-order valence-corrected chi connectivity index (χ1v) is 2.47. The number of hydrogen-bond donors (Lipinski definition) is 1. The molecule has 0 amide bonds. The monoisotopic (exact) mass is 86.1 g/mol. The van der Waals surface area contributed by atoms with Gasteiger partial charge in [-0.2, -0.15) is 0 Å². The van der Waals surface area contributed by atoms with E-state index in [2.05, 4.69) is 6.92 Å². The molecule has 0 radical (unpaired) electrons. The summed E-state index contributed by atoms with van der Waals surface area (Å²) in [5.41, 5.74) is 0. The van der Waals surface area contributed by atoms with Gasteiger partial charge in [0, 0.05) is 0 Å². The van der Waals surface area contributed by atoms with E-state index >= 15 is 0 Å². The van der Waals surface area contributed by atoms with Gasteiger partial charge in [0.05, 0.1) is 6.10 Å². The highest BCUT2D eigenvalue weighted by molar-refractivity contribution is 4.73. The quantitative estimate of drug-likeness (QED) is 0.462. The molecule has 6 heavy (non-hydrogen) atoms. The second-order valence-electron chi connectivity index (χ2n) is 2.23. The van der Waals surface area contributed by atoms with E-state index in [1.165, 1.54) is 0 Å². The van der Waals surface area contributed by atoms with Crippen LogP contribution in [0.25, 0.3) is 0 Å². The molecule has 1 aliphatic rings. The minimum atomic E-state index is 0.0417. The third kappa shape index (κ3) is 0.548. The normalized spacial score (nSPS) is 45.0. The van der Waals surface area contributed by atoms with Crippen LogP contribution >= 0.6 is 0 Å². The zero-order valence-electron chi connectivity index (χ0n) is 4.02. The molecule has 1 saturated carbocycles. The summed E-state index contributed by atoms with van der Waals surface area (Å²) in [6, 6.07) is 0. The van der Waals surface area contributed by atoms with Gasteiger partial charge in [-0.05, 0) is 18.8 Å². The van der Waals surface area contributed by atoms with E-state index in [9.17, 15) is 0 Å². The highest BCUT2D eigenvalue weighted by Crippen LogP contribution is 2.25. The van der Waals surface area contributed by atoms with Gasteiger partial charge in [0.25, 0.3) is 0 Å². The maximum Gasteiger partial charge on any atom is 0.0545 e. The second kappa shape index (κ2) is 1.23. The molecule has 0 aromatic heterocycles. The highest BCUT2D eigenvalue weighted by atomic mass is 16.3. The number of aliphatic hydroxyl groups excluding tert-OH is 1. The Morgan fingerprint density at radius 1 is 1.50 bits per heavy atom. The maximum absolute atomic E-state index is 8.62. The van der Waals surface area contributed by atoms with Crippen LogP contribution in [-0.2, 0) is 0 Å². The van der Waals surface area contributed by atoms with Gasteiger partial charge in [-0.1, -0.05) is 6.92 Å². The van der Waals surface area contributed by atoms with E-state index < -0.39 is 0 Å². The number of hydrogen-bond acceptors (Lipinski definition) is 1. The lowest BCUT2D eigenvalue weighted by Gasteiger charge is -2.27. The third-order valence-electron chi connectivity index (χ3n) is 1.35. The van der Waals surface area contributed by atoms with Crippen LogP contribution in [0, 0.1) is 5.92 Å². The van der Waals surface area contributed by atoms with Gasteiger partial charge < -0.3 is 5.11 Å². The van der Waals surface area contributed by atoms with Crippen LogP contribution in [0.2, 0.25) is 0 Å². The van der Waals surface area contributed by atoms with Crippen LogP contribution in [0.5, 0.6) is 0 Å². The molecule has 0 heterocycles. The van der Waals surface area contributed by atoms with E-state index in [-0.39, 0.29) is 6.10 Å². The van der Waals surface area contributed by atoms with Crippen molar-refractivity contribution >= 4 is 0 Å². The van der Waals surface area contributed by atoms with E-state index in [4.69, 9.17) is 5.11 Å². The predicted octanol–water partition coefficient (Wildman–Crippen LogP) is 0.777. The van der Waals surface area contributed by atoms with Crippen molar-refractivity contribution in [3.63, 3.8) is 0 Å². The van der Waals surface area contributed by atoms with Crippen molar-refractivity contribution in [2.75, 3.05) is 0 Å². The lowest BCUT2D eigenvalue weighted by Crippen LogP contribution is -2.25. The van der Waals surface area contributed by atoms with Crippen molar-refractivity contribution in [2.45, 2.75) is 25.9 Å². The molecule has 0 aliphatic heterocycles. The molecule has 0 unspecified atom stereocenters. The molecule has 1 heteroatoms. The number of aliphatic hydroxyl groups is 1. The summed E-state index contributed by atoms with van der Waals surface area (Å²) in [4.78, 5) is 0. The van der Waals surface area contributed by atoms with E-state index in [0.717, 1.165) is 18.8 Å². The average molecular weight is 86.1 g/mol. The van der Waals surface area contributed by atoms with Crippen molar-refractivity contribution in [2.24, 2.45) is 5.92 Å². The third-order valence-corrected chi connectivity index (χ3v) is 1.35. The van der Waals surface area contributed by atoms with Gasteiger partial charge in [0.15, 0.2) is 0 Å². The smallest absolute Gasteiger partial charge is 0.0545 e. The molecule has 0 aromatic rings. The van der Waals surface area contributed by atoms with Gasteiger partial charge in [-0.3, -0.25) is 0 Å². The van der Waals surface area contributed by atoms with Gasteiger partial charge in [-0.15, -0.1) is 0 Å². The van der Waals surface area contributed by atoms with Crippen molar-refractivity contribution in [3.05, 3.63) is 0 Å². The molecular weight excluding hydrogens is 76.1 g/mol. The Morgan fingerprint density at radius 3 is 2.00 bits per heavy atom. The Bertz CT molecular complexity index is 39.9. The molecule has 1 N–H and O–H groups in total. The molecule has 0 spiro atoms. The number of rotatable bonds is 0. The standard InChI is InChI=1S/C5H10O/c1-4-2-5(6)3-4/h4-6H,2-3H2,1H3/t4-,5-. The van der Waals surface area contributed by atoms with Crippen molar-refractivity contribution in [1.29, 1.82) is 0 Å². The van der Waals surface area contributed by atoms with Gasteiger partial charge in [0.2, 0.25) is 0 Å². The predicted molar refractivity (Wildman–Crippen MR) is 24.4 cm³/mol. The first-order chi connectivity index (χ1) is 2.79. The molecule has 36 valence electrons. The van der Waals surface area contributed by atoms with E-state index in [1.807, 2.05) is 0 Å². The molecule has 1 rings (SSSR count). The summed E-state index contributed by atoms with van der Waals surface area (Å²) in [6.07, 6.45) is 2.10. The summed E-state index contributed by atoms with van der Waals surface area (Å²) >= 11 is 0. The minimum Gasteiger partial charge on any atom is -0.393 e. The fraction of sp³-hybridized carbons (Fsp3) is 1.00. The highest BCUT2D eigenvalue weighted by Gasteiger charge is 2.21. The van der Waals surface area contributed by atoms with Crippen molar-refractivity contribution < 1.29 is 5.11 Å². The summed E-state index contributed by atoms with van der Waals surface area (Å²) in [5.74, 6) is 0.792. The zero-order chi connectivity index (χ0) is 4.57. The summed E-state index contributed by atoms with van der Waals surface area (Å²) in [7, 11) is 0. The van der Waals surface area contributed by atoms with E-state index in [1.54, 1.807) is 0 Å². The lowest BCUT2D eigenvalue weighted by atomic mass is 9.84. The lowest BCUT2D eigenvalue weighted by molar-refractivity contribution is 0.0513.